The number of benzene rings is 1. The van der Waals surface area contributed by atoms with Gasteiger partial charge in [-0.3, -0.25) is 0 Å². The highest BCUT2D eigenvalue weighted by atomic mass is 79.9. The Bertz CT molecular complexity index is 545. The first-order valence-electron chi connectivity index (χ1n) is 5.30. The number of thiazole rings is 1. The number of rotatable bonds is 3. The summed E-state index contributed by atoms with van der Waals surface area (Å²) in [7, 11) is 0. The molecule has 0 saturated carbocycles. The van der Waals surface area contributed by atoms with Crippen LogP contribution < -0.4 is 5.32 Å². The Morgan fingerprint density at radius 1 is 1.22 bits per heavy atom. The first-order chi connectivity index (χ1) is 8.47. The second kappa shape index (κ2) is 6.03. The van der Waals surface area contributed by atoms with E-state index in [4.69, 9.17) is 0 Å². The van der Waals surface area contributed by atoms with Crippen LogP contribution in [0.15, 0.2) is 30.9 Å². The lowest BCUT2D eigenvalue weighted by atomic mass is 10.2. The standard InChI is InChI=1S/C12H11Br3N2S/c1-6(11-5-18-7(2)17-11)16-12-9(14)3-8(13)4-10(12)15/h3-6,16H,1-2H3. The maximum atomic E-state index is 4.50. The molecule has 1 aromatic carbocycles. The molecule has 0 spiro atoms. The summed E-state index contributed by atoms with van der Waals surface area (Å²) in [5.41, 5.74) is 2.11. The van der Waals surface area contributed by atoms with Crippen molar-refractivity contribution in [1.82, 2.24) is 4.98 Å². The minimum atomic E-state index is 0.170. The number of halogens is 3. The zero-order chi connectivity index (χ0) is 13.3. The van der Waals surface area contributed by atoms with Crippen LogP contribution in [0, 0.1) is 6.92 Å². The summed E-state index contributed by atoms with van der Waals surface area (Å²) in [5.74, 6) is 0. The Morgan fingerprint density at radius 3 is 2.33 bits per heavy atom. The summed E-state index contributed by atoms with van der Waals surface area (Å²) in [6.45, 7) is 4.13. The molecule has 2 nitrogen and oxygen atoms in total. The van der Waals surface area contributed by atoms with Gasteiger partial charge in [0.25, 0.3) is 0 Å². The number of aromatic nitrogens is 1. The predicted octanol–water partition coefficient (Wildman–Crippen LogP) is 5.91. The average Bonchev–Trinajstić information content (AvgIpc) is 2.70. The van der Waals surface area contributed by atoms with Crippen molar-refractivity contribution >= 4 is 64.8 Å². The normalized spacial score (nSPS) is 12.5. The average molecular weight is 455 g/mol. The van der Waals surface area contributed by atoms with E-state index < -0.39 is 0 Å². The van der Waals surface area contributed by atoms with Crippen molar-refractivity contribution in [3.05, 3.63) is 41.6 Å². The van der Waals surface area contributed by atoms with Crippen molar-refractivity contribution in [3.8, 4) is 0 Å². The molecule has 0 bridgehead atoms. The molecule has 0 aliphatic rings. The molecule has 1 aromatic heterocycles. The molecule has 0 aliphatic heterocycles. The Morgan fingerprint density at radius 2 is 1.83 bits per heavy atom. The third kappa shape index (κ3) is 3.35. The van der Waals surface area contributed by atoms with Crippen molar-refractivity contribution in [2.24, 2.45) is 0 Å². The first-order valence-corrected chi connectivity index (χ1v) is 8.56. The van der Waals surface area contributed by atoms with E-state index in [-0.39, 0.29) is 6.04 Å². The van der Waals surface area contributed by atoms with Crippen LogP contribution in [-0.2, 0) is 0 Å². The lowest BCUT2D eigenvalue weighted by Gasteiger charge is -2.16. The Hall–Kier alpha value is 0.0900. The third-order valence-electron chi connectivity index (χ3n) is 2.45. The van der Waals surface area contributed by atoms with Gasteiger partial charge in [-0.05, 0) is 57.8 Å². The van der Waals surface area contributed by atoms with Gasteiger partial charge in [0, 0.05) is 18.8 Å². The molecular weight excluding hydrogens is 444 g/mol. The van der Waals surface area contributed by atoms with Gasteiger partial charge in [-0.1, -0.05) is 15.9 Å². The van der Waals surface area contributed by atoms with E-state index in [2.05, 4.69) is 70.4 Å². The van der Waals surface area contributed by atoms with Gasteiger partial charge in [0.05, 0.1) is 22.4 Å². The number of nitrogens with zero attached hydrogens (tertiary/aromatic N) is 1. The van der Waals surface area contributed by atoms with E-state index in [0.29, 0.717) is 0 Å². The number of aryl methyl sites for hydroxylation is 1. The molecule has 0 amide bonds. The highest BCUT2D eigenvalue weighted by Gasteiger charge is 2.13. The summed E-state index contributed by atoms with van der Waals surface area (Å²) in [5, 5.41) is 6.65. The first kappa shape index (κ1) is 14.5. The fourth-order valence-electron chi connectivity index (χ4n) is 1.55. The summed E-state index contributed by atoms with van der Waals surface area (Å²) < 4.78 is 3.06. The van der Waals surface area contributed by atoms with Crippen LogP contribution in [0.3, 0.4) is 0 Å². The molecule has 6 heteroatoms. The van der Waals surface area contributed by atoms with Crippen molar-refractivity contribution < 1.29 is 0 Å². The molecule has 18 heavy (non-hydrogen) atoms. The van der Waals surface area contributed by atoms with Gasteiger partial charge in [0.15, 0.2) is 0 Å². The minimum absolute atomic E-state index is 0.170. The molecule has 2 rings (SSSR count). The summed E-state index contributed by atoms with van der Waals surface area (Å²) in [6.07, 6.45) is 0. The van der Waals surface area contributed by atoms with Crippen LogP contribution in [0.2, 0.25) is 0 Å². The molecule has 2 aromatic rings. The number of nitrogens with one attached hydrogen (secondary N) is 1. The Kier molecular flexibility index (Phi) is 4.86. The SMILES string of the molecule is Cc1nc(C(C)Nc2c(Br)cc(Br)cc2Br)cs1. The predicted molar refractivity (Wildman–Crippen MR) is 88.4 cm³/mol. The van der Waals surface area contributed by atoms with Crippen LogP contribution in [0.5, 0.6) is 0 Å². The Labute approximate surface area is 136 Å². The number of anilines is 1. The second-order valence-electron chi connectivity index (χ2n) is 3.90. The molecular formula is C12H11Br3N2S. The summed E-state index contributed by atoms with van der Waals surface area (Å²) in [6, 6.07) is 4.21. The highest BCUT2D eigenvalue weighted by molar-refractivity contribution is 9.11. The van der Waals surface area contributed by atoms with Crippen molar-refractivity contribution in [3.63, 3.8) is 0 Å². The molecule has 0 fully saturated rings. The zero-order valence-electron chi connectivity index (χ0n) is 9.80. The largest absolute Gasteiger partial charge is 0.375 e. The number of hydrogen-bond donors (Lipinski definition) is 1. The summed E-state index contributed by atoms with van der Waals surface area (Å²) in [4.78, 5) is 4.50. The van der Waals surface area contributed by atoms with Gasteiger partial charge in [0.1, 0.15) is 0 Å². The lowest BCUT2D eigenvalue weighted by molar-refractivity contribution is 0.843. The minimum Gasteiger partial charge on any atom is -0.375 e. The molecule has 96 valence electrons. The fraction of sp³-hybridized carbons (Fsp3) is 0.250. The van der Waals surface area contributed by atoms with Crippen LogP contribution in [-0.4, -0.2) is 4.98 Å². The molecule has 0 saturated heterocycles. The topological polar surface area (TPSA) is 24.9 Å². The van der Waals surface area contributed by atoms with Crippen LogP contribution in [0.1, 0.15) is 23.7 Å². The van der Waals surface area contributed by atoms with Crippen molar-refractivity contribution in [1.29, 1.82) is 0 Å². The molecule has 1 atom stereocenters. The third-order valence-corrected chi connectivity index (χ3v) is 4.95. The van der Waals surface area contributed by atoms with E-state index in [1.54, 1.807) is 11.3 Å². The lowest BCUT2D eigenvalue weighted by Crippen LogP contribution is -2.08. The van der Waals surface area contributed by atoms with Gasteiger partial charge in [-0.15, -0.1) is 11.3 Å². The fourth-order valence-corrected chi connectivity index (χ4v) is 4.74. The van der Waals surface area contributed by atoms with E-state index in [9.17, 15) is 0 Å². The molecule has 0 aliphatic carbocycles. The molecule has 1 unspecified atom stereocenters. The van der Waals surface area contributed by atoms with Gasteiger partial charge in [-0.2, -0.15) is 0 Å². The van der Waals surface area contributed by atoms with Gasteiger partial charge in [0.2, 0.25) is 0 Å². The smallest absolute Gasteiger partial charge is 0.0898 e. The number of hydrogen-bond acceptors (Lipinski definition) is 3. The van der Waals surface area contributed by atoms with Crippen molar-refractivity contribution in [2.75, 3.05) is 5.32 Å². The van der Waals surface area contributed by atoms with E-state index in [1.165, 1.54) is 0 Å². The maximum Gasteiger partial charge on any atom is 0.0898 e. The zero-order valence-corrected chi connectivity index (χ0v) is 15.4. The summed E-state index contributed by atoms with van der Waals surface area (Å²) >= 11 is 12.3. The van der Waals surface area contributed by atoms with Crippen molar-refractivity contribution in [2.45, 2.75) is 19.9 Å². The molecule has 1 N–H and O–H groups in total. The quantitative estimate of drug-likeness (QED) is 0.623. The van der Waals surface area contributed by atoms with Gasteiger partial charge >= 0.3 is 0 Å². The van der Waals surface area contributed by atoms with E-state index in [0.717, 1.165) is 29.8 Å². The van der Waals surface area contributed by atoms with Crippen LogP contribution >= 0.6 is 59.1 Å². The van der Waals surface area contributed by atoms with Crippen LogP contribution in [0.25, 0.3) is 0 Å². The highest BCUT2D eigenvalue weighted by Crippen LogP contribution is 2.36. The van der Waals surface area contributed by atoms with E-state index >= 15 is 0 Å². The van der Waals surface area contributed by atoms with E-state index in [1.807, 2.05) is 19.1 Å². The molecule has 0 radical (unpaired) electrons. The van der Waals surface area contributed by atoms with Gasteiger partial charge in [-0.25, -0.2) is 4.98 Å². The van der Waals surface area contributed by atoms with Gasteiger partial charge < -0.3 is 5.32 Å². The second-order valence-corrected chi connectivity index (χ2v) is 7.59. The van der Waals surface area contributed by atoms with Crippen LogP contribution in [0.4, 0.5) is 5.69 Å². The molecule has 1 heterocycles. The monoisotopic (exact) mass is 452 g/mol. The maximum absolute atomic E-state index is 4.50. The Balaban J connectivity index is 2.24.